The maximum atomic E-state index is 11.2. The third kappa shape index (κ3) is 2.41. The summed E-state index contributed by atoms with van der Waals surface area (Å²) >= 11 is 0. The first-order valence-electron chi connectivity index (χ1n) is 5.98. The molecule has 0 aliphatic rings. The van der Waals surface area contributed by atoms with E-state index in [0.717, 1.165) is 0 Å². The van der Waals surface area contributed by atoms with Crippen LogP contribution in [0.15, 0.2) is 36.8 Å². The molecule has 0 fully saturated rings. The number of anilines is 3. The highest BCUT2D eigenvalue weighted by Gasteiger charge is 2.13. The van der Waals surface area contributed by atoms with Crippen LogP contribution in [0.1, 0.15) is 10.4 Å². The Morgan fingerprint density at radius 3 is 2.90 bits per heavy atom. The number of nitrogen functional groups attached to an aromatic ring is 1. The van der Waals surface area contributed by atoms with Gasteiger partial charge in [0.2, 0.25) is 5.95 Å². The molecule has 3 heterocycles. The van der Waals surface area contributed by atoms with Crippen molar-refractivity contribution in [3.05, 3.63) is 42.4 Å². The molecule has 3 aromatic heterocycles. The summed E-state index contributed by atoms with van der Waals surface area (Å²) in [5.74, 6) is -0.649. The van der Waals surface area contributed by atoms with Gasteiger partial charge in [-0.3, -0.25) is 4.98 Å². The first-order chi connectivity index (χ1) is 10.1. The maximum Gasteiger partial charge on any atom is 0.339 e. The number of nitrogens with two attached hydrogens (primary N) is 1. The van der Waals surface area contributed by atoms with E-state index in [1.54, 1.807) is 24.4 Å². The molecular weight excluding hydrogens is 272 g/mol. The Bertz CT molecular complexity index is 836. The number of carbonyl (C=O) groups is 1. The lowest BCUT2D eigenvalue weighted by atomic mass is 10.2. The van der Waals surface area contributed by atoms with E-state index in [1.807, 2.05) is 0 Å². The molecule has 0 atom stereocenters. The van der Waals surface area contributed by atoms with Gasteiger partial charge in [-0.2, -0.15) is 9.97 Å². The van der Waals surface area contributed by atoms with Crippen molar-refractivity contribution in [2.45, 2.75) is 0 Å². The van der Waals surface area contributed by atoms with Gasteiger partial charge in [0.05, 0.1) is 11.1 Å². The van der Waals surface area contributed by atoms with Gasteiger partial charge < -0.3 is 16.2 Å². The van der Waals surface area contributed by atoms with Crippen molar-refractivity contribution in [1.82, 2.24) is 19.9 Å². The van der Waals surface area contributed by atoms with E-state index in [4.69, 9.17) is 10.8 Å². The van der Waals surface area contributed by atoms with Crippen LogP contribution in [-0.4, -0.2) is 31.0 Å². The molecule has 0 aliphatic carbocycles. The molecule has 0 radical (unpaired) electrons. The van der Waals surface area contributed by atoms with Gasteiger partial charge in [-0.1, -0.05) is 0 Å². The number of fused-ring (bicyclic) bond motifs is 1. The van der Waals surface area contributed by atoms with Gasteiger partial charge >= 0.3 is 5.97 Å². The van der Waals surface area contributed by atoms with Crippen LogP contribution in [-0.2, 0) is 0 Å². The summed E-state index contributed by atoms with van der Waals surface area (Å²) in [6, 6.07) is 5.05. The molecule has 0 spiro atoms. The van der Waals surface area contributed by atoms with Gasteiger partial charge in [0, 0.05) is 18.6 Å². The summed E-state index contributed by atoms with van der Waals surface area (Å²) in [5.41, 5.74) is 6.47. The van der Waals surface area contributed by atoms with Crippen molar-refractivity contribution < 1.29 is 9.90 Å². The summed E-state index contributed by atoms with van der Waals surface area (Å²) in [4.78, 5) is 27.2. The molecule has 0 aliphatic heterocycles. The van der Waals surface area contributed by atoms with Gasteiger partial charge in [0.25, 0.3) is 0 Å². The van der Waals surface area contributed by atoms with E-state index < -0.39 is 5.97 Å². The molecule has 4 N–H and O–H groups in total. The molecule has 8 nitrogen and oxygen atoms in total. The maximum absolute atomic E-state index is 11.2. The molecule has 3 rings (SSSR count). The predicted molar refractivity (Wildman–Crippen MR) is 76.2 cm³/mol. The Labute approximate surface area is 118 Å². The topological polar surface area (TPSA) is 127 Å². The second-order valence-corrected chi connectivity index (χ2v) is 4.16. The second kappa shape index (κ2) is 5.00. The van der Waals surface area contributed by atoms with Crippen molar-refractivity contribution in [2.24, 2.45) is 0 Å². The van der Waals surface area contributed by atoms with Crippen LogP contribution in [0.2, 0.25) is 0 Å². The highest BCUT2D eigenvalue weighted by molar-refractivity contribution is 5.97. The fourth-order valence-electron chi connectivity index (χ4n) is 1.88. The standard InChI is InChI=1S/C13H10N6O2/c14-13-18-10-7(2-1-4-16-10)11(19-13)17-9-3-5-15-6-8(9)12(20)21/h1-6H,(H,20,21)(H3,14,15,16,17,18,19). The Morgan fingerprint density at radius 1 is 1.24 bits per heavy atom. The van der Waals surface area contributed by atoms with Crippen LogP contribution in [0.4, 0.5) is 17.5 Å². The van der Waals surface area contributed by atoms with Crippen LogP contribution >= 0.6 is 0 Å². The predicted octanol–water partition coefficient (Wildman–Crippen LogP) is 1.44. The summed E-state index contributed by atoms with van der Waals surface area (Å²) in [5, 5.41) is 12.7. The number of carboxylic acid groups (broad SMARTS) is 1. The lowest BCUT2D eigenvalue weighted by molar-refractivity contribution is 0.0697. The largest absolute Gasteiger partial charge is 0.478 e. The average Bonchev–Trinajstić information content (AvgIpc) is 2.47. The van der Waals surface area contributed by atoms with Gasteiger partial charge in [-0.25, -0.2) is 9.78 Å². The molecule has 0 saturated carbocycles. The van der Waals surface area contributed by atoms with E-state index >= 15 is 0 Å². The zero-order valence-corrected chi connectivity index (χ0v) is 10.7. The van der Waals surface area contributed by atoms with Crippen molar-refractivity contribution in [3.8, 4) is 0 Å². The molecule has 8 heteroatoms. The third-order valence-corrected chi connectivity index (χ3v) is 2.79. The molecule has 0 aromatic carbocycles. The number of aromatic nitrogens is 4. The number of aromatic carboxylic acids is 1. The van der Waals surface area contributed by atoms with E-state index in [2.05, 4.69) is 25.3 Å². The molecule has 0 bridgehead atoms. The molecule has 21 heavy (non-hydrogen) atoms. The minimum Gasteiger partial charge on any atom is -0.478 e. The number of nitrogens with one attached hydrogen (secondary N) is 1. The lowest BCUT2D eigenvalue weighted by Gasteiger charge is -2.10. The van der Waals surface area contributed by atoms with Crippen molar-refractivity contribution in [2.75, 3.05) is 11.1 Å². The van der Waals surface area contributed by atoms with Crippen LogP contribution in [0.3, 0.4) is 0 Å². The highest BCUT2D eigenvalue weighted by Crippen LogP contribution is 2.24. The van der Waals surface area contributed by atoms with E-state index in [9.17, 15) is 4.79 Å². The number of hydrogen-bond acceptors (Lipinski definition) is 7. The normalized spacial score (nSPS) is 10.5. The van der Waals surface area contributed by atoms with E-state index in [-0.39, 0.29) is 11.5 Å². The van der Waals surface area contributed by atoms with E-state index in [0.29, 0.717) is 22.5 Å². The first kappa shape index (κ1) is 12.7. The van der Waals surface area contributed by atoms with Gasteiger partial charge in [-0.15, -0.1) is 0 Å². The van der Waals surface area contributed by atoms with Gasteiger partial charge in [-0.05, 0) is 18.2 Å². The SMILES string of the molecule is Nc1nc(Nc2ccncc2C(=O)O)c2cccnc2n1. The third-order valence-electron chi connectivity index (χ3n) is 2.79. The first-order valence-corrected chi connectivity index (χ1v) is 5.98. The molecule has 0 amide bonds. The zero-order valence-electron chi connectivity index (χ0n) is 10.7. The van der Waals surface area contributed by atoms with E-state index in [1.165, 1.54) is 12.4 Å². The quantitative estimate of drug-likeness (QED) is 0.658. The minimum absolute atomic E-state index is 0.0340. The van der Waals surface area contributed by atoms with Crippen LogP contribution < -0.4 is 11.1 Å². The number of carboxylic acids is 1. The second-order valence-electron chi connectivity index (χ2n) is 4.16. The van der Waals surface area contributed by atoms with Crippen molar-refractivity contribution in [1.29, 1.82) is 0 Å². The van der Waals surface area contributed by atoms with Crippen LogP contribution in [0.5, 0.6) is 0 Å². The van der Waals surface area contributed by atoms with Crippen molar-refractivity contribution >= 4 is 34.5 Å². The van der Waals surface area contributed by atoms with Gasteiger partial charge in [0.15, 0.2) is 5.65 Å². The Kier molecular flexibility index (Phi) is 3.03. The molecular formula is C13H10N6O2. The Morgan fingerprint density at radius 2 is 2.10 bits per heavy atom. The van der Waals surface area contributed by atoms with Crippen LogP contribution in [0, 0.1) is 0 Å². The highest BCUT2D eigenvalue weighted by atomic mass is 16.4. The average molecular weight is 282 g/mol. The lowest BCUT2D eigenvalue weighted by Crippen LogP contribution is -2.06. The fraction of sp³-hybridized carbons (Fsp3) is 0. The number of rotatable bonds is 3. The molecule has 3 aromatic rings. The number of pyridine rings is 2. The van der Waals surface area contributed by atoms with Gasteiger partial charge in [0.1, 0.15) is 11.4 Å². The van der Waals surface area contributed by atoms with Crippen LogP contribution in [0.25, 0.3) is 11.0 Å². The molecule has 104 valence electrons. The Hall–Kier alpha value is -3.29. The smallest absolute Gasteiger partial charge is 0.339 e. The summed E-state index contributed by atoms with van der Waals surface area (Å²) < 4.78 is 0. The Balaban J connectivity index is 2.13. The molecule has 0 unspecified atom stereocenters. The summed E-state index contributed by atoms with van der Waals surface area (Å²) in [7, 11) is 0. The molecule has 0 saturated heterocycles. The minimum atomic E-state index is -1.09. The number of hydrogen-bond donors (Lipinski definition) is 3. The van der Waals surface area contributed by atoms with Crippen molar-refractivity contribution in [3.63, 3.8) is 0 Å². The number of nitrogens with zero attached hydrogens (tertiary/aromatic N) is 4. The fourth-order valence-corrected chi connectivity index (χ4v) is 1.88. The summed E-state index contributed by atoms with van der Waals surface area (Å²) in [6.07, 6.45) is 4.34. The zero-order chi connectivity index (χ0) is 14.8. The monoisotopic (exact) mass is 282 g/mol. The summed E-state index contributed by atoms with van der Waals surface area (Å²) in [6.45, 7) is 0.